The molecule has 0 unspecified atom stereocenters. The molecule has 1 fully saturated rings. The van der Waals surface area contributed by atoms with Gasteiger partial charge in [0.1, 0.15) is 6.54 Å². The summed E-state index contributed by atoms with van der Waals surface area (Å²) in [6, 6.07) is 16.3. The number of aromatic nitrogens is 1. The fourth-order valence-electron chi connectivity index (χ4n) is 3.52. The first-order valence-electron chi connectivity index (χ1n) is 10.0. The van der Waals surface area contributed by atoms with E-state index in [2.05, 4.69) is 35.8 Å². The highest BCUT2D eigenvalue weighted by atomic mass is 32.2. The quantitative estimate of drug-likeness (QED) is 0.419. The second-order valence-electron chi connectivity index (χ2n) is 7.29. The summed E-state index contributed by atoms with van der Waals surface area (Å²) in [5.41, 5.74) is 4.28. The van der Waals surface area contributed by atoms with Crippen molar-refractivity contribution in [3.05, 3.63) is 76.3 Å². The van der Waals surface area contributed by atoms with Crippen molar-refractivity contribution in [2.24, 2.45) is 0 Å². The van der Waals surface area contributed by atoms with Crippen molar-refractivity contribution in [2.75, 3.05) is 13.2 Å². The summed E-state index contributed by atoms with van der Waals surface area (Å²) in [6.45, 7) is 4.26. The van der Waals surface area contributed by atoms with Gasteiger partial charge in [-0.2, -0.15) is 0 Å². The van der Waals surface area contributed by atoms with Crippen molar-refractivity contribution in [3.8, 4) is 0 Å². The summed E-state index contributed by atoms with van der Waals surface area (Å²) in [7, 11) is 0. The number of hydrogen-bond donors (Lipinski definition) is 0. The molecule has 6 nitrogen and oxygen atoms in total. The predicted octanol–water partition coefficient (Wildman–Crippen LogP) is 4.60. The molecule has 1 saturated heterocycles. The molecule has 4 rings (SSSR count). The van der Waals surface area contributed by atoms with Crippen molar-refractivity contribution in [2.45, 2.75) is 20.4 Å². The van der Waals surface area contributed by atoms with E-state index in [9.17, 15) is 14.4 Å². The number of rotatable bonds is 6. The van der Waals surface area contributed by atoms with Crippen molar-refractivity contribution in [1.82, 2.24) is 9.47 Å². The number of imide groups is 1. The second-order valence-corrected chi connectivity index (χ2v) is 8.28. The normalized spacial score (nSPS) is 15.3. The van der Waals surface area contributed by atoms with E-state index in [1.54, 1.807) is 13.0 Å². The van der Waals surface area contributed by atoms with Gasteiger partial charge in [0.05, 0.1) is 11.5 Å². The average molecular weight is 435 g/mol. The van der Waals surface area contributed by atoms with Crippen LogP contribution in [-0.2, 0) is 20.9 Å². The molecule has 1 aliphatic heterocycles. The fourth-order valence-corrected chi connectivity index (χ4v) is 4.35. The summed E-state index contributed by atoms with van der Waals surface area (Å²) < 4.78 is 7.00. The third kappa shape index (κ3) is 4.41. The van der Waals surface area contributed by atoms with Crippen LogP contribution >= 0.6 is 11.8 Å². The lowest BCUT2D eigenvalue weighted by Crippen LogP contribution is -2.34. The van der Waals surface area contributed by atoms with Crippen LogP contribution in [0, 0.1) is 6.92 Å². The molecule has 0 spiro atoms. The molecule has 0 atom stereocenters. The van der Waals surface area contributed by atoms with Gasteiger partial charge >= 0.3 is 5.97 Å². The summed E-state index contributed by atoms with van der Waals surface area (Å²) in [5, 5.41) is 0.527. The Hall–Kier alpha value is -3.32. The van der Waals surface area contributed by atoms with Gasteiger partial charge in [-0.1, -0.05) is 48.0 Å². The molecule has 0 N–H and O–H groups in total. The number of fused-ring (bicyclic) bond motifs is 1. The first-order valence-corrected chi connectivity index (χ1v) is 10.8. The average Bonchev–Trinajstić information content (AvgIpc) is 3.22. The largest absolute Gasteiger partial charge is 0.465 e. The molecule has 0 aliphatic carbocycles. The number of esters is 1. The van der Waals surface area contributed by atoms with Gasteiger partial charge in [-0.3, -0.25) is 19.3 Å². The Morgan fingerprint density at radius 2 is 1.84 bits per heavy atom. The zero-order chi connectivity index (χ0) is 22.0. The predicted molar refractivity (Wildman–Crippen MR) is 122 cm³/mol. The number of benzene rings is 2. The molecule has 1 aliphatic rings. The summed E-state index contributed by atoms with van der Waals surface area (Å²) >= 11 is 0.842. The highest BCUT2D eigenvalue weighted by Gasteiger charge is 2.36. The molecule has 2 aromatic carbocycles. The molecule has 2 heterocycles. The number of nitrogens with zero attached hydrogens (tertiary/aromatic N) is 2. The number of amides is 2. The molecule has 1 aromatic heterocycles. The van der Waals surface area contributed by atoms with Gasteiger partial charge in [0, 0.05) is 29.2 Å². The van der Waals surface area contributed by atoms with E-state index < -0.39 is 17.1 Å². The third-order valence-corrected chi connectivity index (χ3v) is 5.95. The SMILES string of the molecule is CCOC(=O)CN1C(=O)S/C(=C/c2cn(Cc3ccc(C)cc3)c3ccccc23)C1=O. The molecular formula is C24H22N2O4S. The van der Waals surface area contributed by atoms with Gasteiger partial charge in [-0.05, 0) is 43.3 Å². The van der Waals surface area contributed by atoms with Crippen LogP contribution < -0.4 is 0 Å². The van der Waals surface area contributed by atoms with Crippen LogP contribution in [0.2, 0.25) is 0 Å². The topological polar surface area (TPSA) is 68.6 Å². The molecule has 7 heteroatoms. The standard InChI is InChI=1S/C24H22N2O4S/c1-3-30-22(27)15-26-23(28)21(31-24(26)29)12-18-14-25(20-7-5-4-6-19(18)20)13-17-10-8-16(2)9-11-17/h4-12,14H,3,13,15H2,1-2H3/b21-12+. The van der Waals surface area contributed by atoms with Crippen LogP contribution in [-0.4, -0.2) is 39.7 Å². The van der Waals surface area contributed by atoms with Crippen molar-refractivity contribution >= 4 is 45.9 Å². The van der Waals surface area contributed by atoms with Crippen LogP contribution in [0.15, 0.2) is 59.6 Å². The number of hydrogen-bond acceptors (Lipinski definition) is 5. The Morgan fingerprint density at radius 1 is 1.10 bits per heavy atom. The zero-order valence-electron chi connectivity index (χ0n) is 17.3. The molecule has 2 amide bonds. The van der Waals surface area contributed by atoms with E-state index in [0.29, 0.717) is 11.4 Å². The first kappa shape index (κ1) is 20.9. The maximum absolute atomic E-state index is 12.7. The van der Waals surface area contributed by atoms with Crippen molar-refractivity contribution in [1.29, 1.82) is 0 Å². The summed E-state index contributed by atoms with van der Waals surface area (Å²) in [6.07, 6.45) is 3.72. The minimum absolute atomic E-state index is 0.200. The van der Waals surface area contributed by atoms with Gasteiger partial charge in [-0.25, -0.2) is 0 Å². The van der Waals surface area contributed by atoms with Crippen LogP contribution in [0.1, 0.15) is 23.6 Å². The Labute approximate surface area is 184 Å². The molecule has 0 bridgehead atoms. The number of ether oxygens (including phenoxy) is 1. The number of carbonyl (C=O) groups is 3. The van der Waals surface area contributed by atoms with Gasteiger partial charge in [0.15, 0.2) is 0 Å². The van der Waals surface area contributed by atoms with E-state index in [1.165, 1.54) is 11.1 Å². The van der Waals surface area contributed by atoms with E-state index in [-0.39, 0.29) is 13.2 Å². The molecule has 31 heavy (non-hydrogen) atoms. The lowest BCUT2D eigenvalue weighted by Gasteiger charge is -2.10. The lowest BCUT2D eigenvalue weighted by molar-refractivity contribution is -0.145. The van der Waals surface area contributed by atoms with Gasteiger partial charge in [0.2, 0.25) is 0 Å². The lowest BCUT2D eigenvalue weighted by atomic mass is 10.1. The number of para-hydroxylation sites is 1. The van der Waals surface area contributed by atoms with Crippen LogP contribution in [0.5, 0.6) is 0 Å². The maximum Gasteiger partial charge on any atom is 0.326 e. The Kier molecular flexibility index (Phi) is 5.95. The second kappa shape index (κ2) is 8.81. The highest BCUT2D eigenvalue weighted by Crippen LogP contribution is 2.34. The smallest absolute Gasteiger partial charge is 0.326 e. The highest BCUT2D eigenvalue weighted by molar-refractivity contribution is 8.18. The number of thioether (sulfide) groups is 1. The maximum atomic E-state index is 12.7. The minimum atomic E-state index is -0.597. The Morgan fingerprint density at radius 3 is 2.58 bits per heavy atom. The monoisotopic (exact) mass is 434 g/mol. The van der Waals surface area contributed by atoms with Gasteiger partial charge in [-0.15, -0.1) is 0 Å². The summed E-state index contributed by atoms with van der Waals surface area (Å²) in [4.78, 5) is 38.0. The third-order valence-electron chi connectivity index (χ3n) is 5.05. The first-order chi connectivity index (χ1) is 15.0. The Balaban J connectivity index is 1.65. The van der Waals surface area contributed by atoms with Crippen molar-refractivity contribution < 1.29 is 19.1 Å². The van der Waals surface area contributed by atoms with E-state index in [4.69, 9.17) is 4.74 Å². The zero-order valence-corrected chi connectivity index (χ0v) is 18.1. The molecule has 0 radical (unpaired) electrons. The fraction of sp³-hybridized carbons (Fsp3) is 0.208. The number of aryl methyl sites for hydroxylation is 1. The van der Waals surface area contributed by atoms with Crippen LogP contribution in [0.3, 0.4) is 0 Å². The Bertz CT molecular complexity index is 1190. The molecule has 3 aromatic rings. The number of carbonyl (C=O) groups excluding carboxylic acids is 3. The summed E-state index contributed by atoms with van der Waals surface area (Å²) in [5.74, 6) is -1.07. The van der Waals surface area contributed by atoms with E-state index in [0.717, 1.165) is 33.1 Å². The molecule has 0 saturated carbocycles. The van der Waals surface area contributed by atoms with Crippen LogP contribution in [0.25, 0.3) is 17.0 Å². The van der Waals surface area contributed by atoms with Gasteiger partial charge < -0.3 is 9.30 Å². The van der Waals surface area contributed by atoms with Crippen molar-refractivity contribution in [3.63, 3.8) is 0 Å². The molecule has 158 valence electrons. The molecular weight excluding hydrogens is 412 g/mol. The minimum Gasteiger partial charge on any atom is -0.465 e. The van der Waals surface area contributed by atoms with E-state index in [1.807, 2.05) is 30.5 Å². The van der Waals surface area contributed by atoms with Crippen LogP contribution in [0.4, 0.5) is 4.79 Å². The van der Waals surface area contributed by atoms with Gasteiger partial charge in [0.25, 0.3) is 11.1 Å². The van der Waals surface area contributed by atoms with E-state index >= 15 is 0 Å².